The Morgan fingerprint density at radius 1 is 1.02 bits per heavy atom. The number of carbonyl (C=O) groups excluding carboxylic acids is 1. The van der Waals surface area contributed by atoms with Crippen LogP contribution in [0.4, 0.5) is 0 Å². The van der Waals surface area contributed by atoms with Crippen molar-refractivity contribution in [2.75, 3.05) is 20.2 Å². The summed E-state index contributed by atoms with van der Waals surface area (Å²) in [6.07, 6.45) is 1.29. The molecule has 1 aromatic heterocycles. The van der Waals surface area contributed by atoms with Crippen LogP contribution in [0.25, 0.3) is 10.9 Å². The van der Waals surface area contributed by atoms with Gasteiger partial charge in [0.1, 0.15) is 17.2 Å². The van der Waals surface area contributed by atoms with Crippen LogP contribution in [0.1, 0.15) is 66.5 Å². The number of rotatable bonds is 14. The molecule has 0 spiro atoms. The predicted molar refractivity (Wildman–Crippen MR) is 184 cm³/mol. The normalized spacial score (nSPS) is 13.5. The van der Waals surface area contributed by atoms with Gasteiger partial charge in [0.05, 0.1) is 19.8 Å². The molecule has 2 atom stereocenters. The van der Waals surface area contributed by atoms with Gasteiger partial charge in [-0.25, -0.2) is 0 Å². The van der Waals surface area contributed by atoms with Crippen LogP contribution in [-0.4, -0.2) is 55.7 Å². The highest BCUT2D eigenvalue weighted by molar-refractivity contribution is 6.74. The summed E-state index contributed by atoms with van der Waals surface area (Å²) in [6, 6.07) is 21.5. The van der Waals surface area contributed by atoms with E-state index in [0.717, 1.165) is 40.6 Å². The Morgan fingerprint density at radius 2 is 1.80 bits per heavy atom. The number of aromatic hydroxyl groups is 1. The molecule has 8 nitrogen and oxygen atoms in total. The van der Waals surface area contributed by atoms with E-state index in [1.807, 2.05) is 48.5 Å². The highest BCUT2D eigenvalue weighted by atomic mass is 28.4. The lowest BCUT2D eigenvalue weighted by atomic mass is 10.0. The van der Waals surface area contributed by atoms with E-state index in [1.165, 1.54) is 5.56 Å². The highest BCUT2D eigenvalue weighted by Gasteiger charge is 2.39. The predicted octanol–water partition coefficient (Wildman–Crippen LogP) is 6.63. The Kier molecular flexibility index (Phi) is 11.1. The Balaban J connectivity index is 1.38. The molecule has 4 rings (SSSR count). The molecule has 0 aliphatic heterocycles. The lowest BCUT2D eigenvalue weighted by Gasteiger charge is -2.40. The van der Waals surface area contributed by atoms with Crippen molar-refractivity contribution in [2.24, 2.45) is 0 Å². The molecule has 1 amide bonds. The van der Waals surface area contributed by atoms with Gasteiger partial charge in [-0.15, -0.1) is 0 Å². The van der Waals surface area contributed by atoms with E-state index in [9.17, 15) is 15.0 Å². The molecular weight excluding hydrogens is 582 g/mol. The average Bonchev–Trinajstić information content (AvgIpc) is 3.43. The number of nitrogens with one attached hydrogen (secondary N) is 3. The molecule has 5 N–H and O–H groups in total. The number of aliphatic hydroxyl groups is 1. The fraction of sp³-hybridized carbons (Fsp3) is 0.417. The second-order valence-electron chi connectivity index (χ2n) is 13.4. The molecule has 9 heteroatoms. The third kappa shape index (κ3) is 8.98. The molecule has 4 aromatic rings. The number of methoxy groups -OCH3 is 1. The lowest BCUT2D eigenvalue weighted by molar-refractivity contribution is 0.0950. The summed E-state index contributed by atoms with van der Waals surface area (Å²) in [5, 5.41) is 27.6. The fourth-order valence-electron chi connectivity index (χ4n) is 5.10. The molecule has 0 fully saturated rings. The van der Waals surface area contributed by atoms with Gasteiger partial charge in [-0.05, 0) is 97.1 Å². The second-order valence-corrected chi connectivity index (χ2v) is 18.1. The summed E-state index contributed by atoms with van der Waals surface area (Å²) in [7, 11) is -0.464. The average molecular weight is 632 g/mol. The van der Waals surface area contributed by atoms with Gasteiger partial charge >= 0.3 is 0 Å². The molecule has 0 aliphatic rings. The third-order valence-electron chi connectivity index (χ3n) is 8.85. The smallest absolute Gasteiger partial charge is 0.267 e. The Morgan fingerprint density at radius 3 is 2.51 bits per heavy atom. The maximum atomic E-state index is 12.9. The standard InChI is InChI=1S/C36H49N3O5Si/c1-24(38-22-34(44-45(6,7)36(2,3)4)27-12-14-33(41)29(20-27)23-40)17-26-11-13-31-28(18-26)21-32(39-31)35(42)37-16-15-25-9-8-10-30(19-25)43-5/h8-14,18-21,24,34,38-41H,15-17,22-23H2,1-7H3,(H,37,42)/t24-,34-/m1/s1. The number of H-pyrrole nitrogens is 1. The van der Waals surface area contributed by atoms with Crippen molar-refractivity contribution >= 4 is 25.1 Å². The second kappa shape index (κ2) is 14.6. The summed E-state index contributed by atoms with van der Waals surface area (Å²) < 4.78 is 12.1. The largest absolute Gasteiger partial charge is 0.508 e. The number of fused-ring (bicyclic) bond motifs is 1. The topological polar surface area (TPSA) is 116 Å². The quantitative estimate of drug-likeness (QED) is 0.0998. The minimum atomic E-state index is -2.11. The summed E-state index contributed by atoms with van der Waals surface area (Å²) in [4.78, 5) is 16.1. The first kappa shape index (κ1) is 34.2. The fourth-order valence-corrected chi connectivity index (χ4v) is 6.39. The Labute approximate surface area is 268 Å². The molecular formula is C36H49N3O5Si. The zero-order chi connectivity index (χ0) is 32.8. The number of hydrogen-bond acceptors (Lipinski definition) is 6. The van der Waals surface area contributed by atoms with Gasteiger partial charge in [0.15, 0.2) is 8.32 Å². The number of hydrogen-bond donors (Lipinski definition) is 5. The maximum absolute atomic E-state index is 12.9. The number of carbonyl (C=O) groups is 1. The first-order valence-corrected chi connectivity index (χ1v) is 18.6. The zero-order valence-electron chi connectivity index (χ0n) is 27.7. The molecule has 0 aliphatic carbocycles. The SMILES string of the molecule is COc1cccc(CCNC(=O)c2cc3cc(C[C@@H](C)NC[C@@H](O[Si](C)(C)C(C)(C)C)c4ccc(O)c(CO)c4)ccc3[nH]2)c1. The molecule has 45 heavy (non-hydrogen) atoms. The van der Waals surface area contributed by atoms with Gasteiger partial charge in [-0.1, -0.05) is 45.0 Å². The zero-order valence-corrected chi connectivity index (χ0v) is 28.7. The van der Waals surface area contributed by atoms with Crippen molar-refractivity contribution in [3.8, 4) is 11.5 Å². The van der Waals surface area contributed by atoms with E-state index in [0.29, 0.717) is 24.3 Å². The number of aliphatic hydroxyl groups excluding tert-OH is 1. The van der Waals surface area contributed by atoms with E-state index >= 15 is 0 Å². The summed E-state index contributed by atoms with van der Waals surface area (Å²) >= 11 is 0. The molecule has 0 saturated heterocycles. The molecule has 0 bridgehead atoms. The number of benzene rings is 3. The van der Waals surface area contributed by atoms with E-state index in [-0.39, 0.29) is 35.4 Å². The van der Waals surface area contributed by atoms with Crippen LogP contribution < -0.4 is 15.4 Å². The number of phenols is 1. The van der Waals surface area contributed by atoms with Crippen molar-refractivity contribution in [1.82, 2.24) is 15.6 Å². The van der Waals surface area contributed by atoms with Crippen molar-refractivity contribution in [2.45, 2.75) is 77.4 Å². The van der Waals surface area contributed by atoms with Gasteiger partial charge in [0.2, 0.25) is 0 Å². The Bertz CT molecular complexity index is 1590. The number of amides is 1. The van der Waals surface area contributed by atoms with Crippen LogP contribution in [0.15, 0.2) is 66.7 Å². The van der Waals surface area contributed by atoms with E-state index in [1.54, 1.807) is 13.2 Å². The first-order valence-electron chi connectivity index (χ1n) is 15.7. The van der Waals surface area contributed by atoms with Gasteiger partial charge in [-0.2, -0.15) is 0 Å². The third-order valence-corrected chi connectivity index (χ3v) is 13.3. The monoisotopic (exact) mass is 631 g/mol. The van der Waals surface area contributed by atoms with Crippen LogP contribution in [0.2, 0.25) is 18.1 Å². The molecule has 242 valence electrons. The van der Waals surface area contributed by atoms with Crippen LogP contribution >= 0.6 is 0 Å². The summed E-state index contributed by atoms with van der Waals surface area (Å²) in [5.41, 5.74) is 5.17. The molecule has 1 heterocycles. The van der Waals surface area contributed by atoms with Gasteiger partial charge in [0, 0.05) is 35.6 Å². The maximum Gasteiger partial charge on any atom is 0.267 e. The molecule has 0 unspecified atom stereocenters. The minimum Gasteiger partial charge on any atom is -0.508 e. The van der Waals surface area contributed by atoms with Crippen molar-refractivity contribution in [1.29, 1.82) is 0 Å². The first-order chi connectivity index (χ1) is 21.3. The van der Waals surface area contributed by atoms with Gasteiger partial charge < -0.3 is 35.0 Å². The van der Waals surface area contributed by atoms with Crippen molar-refractivity contribution in [3.05, 3.63) is 94.7 Å². The highest BCUT2D eigenvalue weighted by Crippen LogP contribution is 2.40. The van der Waals surface area contributed by atoms with Crippen molar-refractivity contribution in [3.63, 3.8) is 0 Å². The Hall–Kier alpha value is -3.63. The van der Waals surface area contributed by atoms with E-state index in [2.05, 4.69) is 68.5 Å². The number of aromatic nitrogens is 1. The summed E-state index contributed by atoms with van der Waals surface area (Å²) in [6.45, 7) is 14.2. The van der Waals surface area contributed by atoms with Gasteiger partial charge in [-0.3, -0.25) is 4.79 Å². The number of ether oxygens (including phenoxy) is 1. The van der Waals surface area contributed by atoms with E-state index in [4.69, 9.17) is 9.16 Å². The van der Waals surface area contributed by atoms with Crippen molar-refractivity contribution < 1.29 is 24.2 Å². The molecule has 3 aromatic carbocycles. The van der Waals surface area contributed by atoms with Crippen LogP contribution in [-0.2, 0) is 23.9 Å². The van der Waals surface area contributed by atoms with E-state index < -0.39 is 8.32 Å². The lowest BCUT2D eigenvalue weighted by Crippen LogP contribution is -2.44. The molecule has 0 radical (unpaired) electrons. The number of aromatic amines is 1. The van der Waals surface area contributed by atoms with Gasteiger partial charge in [0.25, 0.3) is 5.91 Å². The minimum absolute atomic E-state index is 0.0331. The molecule has 0 saturated carbocycles. The van der Waals surface area contributed by atoms with Crippen LogP contribution in [0.5, 0.6) is 11.5 Å². The van der Waals surface area contributed by atoms with Crippen LogP contribution in [0, 0.1) is 0 Å². The summed E-state index contributed by atoms with van der Waals surface area (Å²) in [5.74, 6) is 0.766. The van der Waals surface area contributed by atoms with Crippen LogP contribution in [0.3, 0.4) is 0 Å².